The number of hydrogen-bond donors (Lipinski definition) is 1. The summed E-state index contributed by atoms with van der Waals surface area (Å²) in [6.45, 7) is 17.9. The summed E-state index contributed by atoms with van der Waals surface area (Å²) >= 11 is 0. The van der Waals surface area contributed by atoms with Gasteiger partial charge in [0.1, 0.15) is 5.76 Å². The lowest BCUT2D eigenvalue weighted by Gasteiger charge is -2.40. The maximum atomic E-state index is 10.9. The zero-order chi connectivity index (χ0) is 21.8. The zero-order valence-corrected chi connectivity index (χ0v) is 20.9. The molecule has 1 aromatic rings. The van der Waals surface area contributed by atoms with Gasteiger partial charge in [-0.05, 0) is 55.9 Å². The first-order valence-electron chi connectivity index (χ1n) is 11.5. The lowest BCUT2D eigenvalue weighted by atomic mass is 9.87. The molecule has 0 unspecified atom stereocenters. The van der Waals surface area contributed by atoms with E-state index < -0.39 is 14.4 Å². The van der Waals surface area contributed by atoms with Gasteiger partial charge in [-0.3, -0.25) is 0 Å². The Morgan fingerprint density at radius 2 is 1.93 bits per heavy atom. The molecule has 0 saturated carbocycles. The molecule has 0 bridgehead atoms. The van der Waals surface area contributed by atoms with Crippen LogP contribution >= 0.6 is 0 Å². The quantitative estimate of drug-likeness (QED) is 0.435. The fourth-order valence-electron chi connectivity index (χ4n) is 4.12. The average molecular weight is 425 g/mol. The van der Waals surface area contributed by atoms with E-state index in [4.69, 9.17) is 13.6 Å². The van der Waals surface area contributed by atoms with Gasteiger partial charge in [-0.25, -0.2) is 0 Å². The van der Waals surface area contributed by atoms with Crippen LogP contribution in [0.5, 0.6) is 0 Å². The molecule has 168 valence electrons. The highest BCUT2D eigenvalue weighted by Gasteiger charge is 2.41. The Hall–Kier alpha value is -0.623. The van der Waals surface area contributed by atoms with E-state index in [1.54, 1.807) is 6.26 Å². The normalized spacial score (nSPS) is 25.0. The molecule has 5 heteroatoms. The monoisotopic (exact) mass is 424 g/mol. The number of aliphatic hydroxyl groups excluding tert-OH is 1. The van der Waals surface area contributed by atoms with Gasteiger partial charge in [0.25, 0.3) is 0 Å². The first kappa shape index (κ1) is 24.6. The van der Waals surface area contributed by atoms with Crippen molar-refractivity contribution in [1.29, 1.82) is 0 Å². The molecule has 29 heavy (non-hydrogen) atoms. The van der Waals surface area contributed by atoms with Gasteiger partial charge in [0.05, 0.1) is 24.6 Å². The zero-order valence-electron chi connectivity index (χ0n) is 19.9. The second-order valence-electron chi connectivity index (χ2n) is 10.6. The molecule has 0 aromatic carbocycles. The van der Waals surface area contributed by atoms with Gasteiger partial charge in [-0.1, -0.05) is 48.0 Å². The third-order valence-electron chi connectivity index (χ3n) is 7.17. The minimum atomic E-state index is -1.79. The summed E-state index contributed by atoms with van der Waals surface area (Å²) in [6.07, 6.45) is 7.04. The molecule has 6 atom stereocenters. The molecule has 2 rings (SSSR count). The van der Waals surface area contributed by atoms with Crippen molar-refractivity contribution in [3.05, 3.63) is 24.2 Å². The Morgan fingerprint density at radius 3 is 2.48 bits per heavy atom. The SMILES string of the molecule is CCC[C@@H](C[C@@H]1CC[C@H]([C@@H](C)[C@H](O)[C@H](C)c2ccco2)O1)O[Si](C)(C)C(C)(C)C. The molecule has 0 spiro atoms. The molecule has 1 N–H and O–H groups in total. The maximum Gasteiger partial charge on any atom is 0.192 e. The Bertz CT molecular complexity index is 593. The molecule has 0 radical (unpaired) electrons. The minimum Gasteiger partial charge on any atom is -0.469 e. The summed E-state index contributed by atoms with van der Waals surface area (Å²) in [5.74, 6) is 0.883. The number of ether oxygens (including phenoxy) is 1. The first-order valence-corrected chi connectivity index (χ1v) is 14.4. The molecule has 1 aliphatic rings. The Kier molecular flexibility index (Phi) is 8.60. The van der Waals surface area contributed by atoms with Crippen molar-refractivity contribution in [3.63, 3.8) is 0 Å². The van der Waals surface area contributed by atoms with Crippen LogP contribution in [0.25, 0.3) is 0 Å². The lowest BCUT2D eigenvalue weighted by Crippen LogP contribution is -2.44. The van der Waals surface area contributed by atoms with E-state index >= 15 is 0 Å². The molecular weight excluding hydrogens is 380 g/mol. The van der Waals surface area contributed by atoms with E-state index in [9.17, 15) is 5.11 Å². The van der Waals surface area contributed by atoms with Crippen LogP contribution in [0.2, 0.25) is 18.1 Å². The van der Waals surface area contributed by atoms with Crippen molar-refractivity contribution in [1.82, 2.24) is 0 Å². The van der Waals surface area contributed by atoms with E-state index in [1.165, 1.54) is 0 Å². The van der Waals surface area contributed by atoms with E-state index in [-0.39, 0.29) is 35.2 Å². The Morgan fingerprint density at radius 1 is 1.24 bits per heavy atom. The van der Waals surface area contributed by atoms with Crippen LogP contribution < -0.4 is 0 Å². The van der Waals surface area contributed by atoms with Crippen LogP contribution in [0.4, 0.5) is 0 Å². The van der Waals surface area contributed by atoms with Gasteiger partial charge in [-0.2, -0.15) is 0 Å². The van der Waals surface area contributed by atoms with Crippen molar-refractivity contribution in [2.75, 3.05) is 0 Å². The molecule has 0 aliphatic carbocycles. The van der Waals surface area contributed by atoms with Gasteiger partial charge in [0.15, 0.2) is 8.32 Å². The van der Waals surface area contributed by atoms with Gasteiger partial charge in [-0.15, -0.1) is 0 Å². The largest absolute Gasteiger partial charge is 0.469 e. The second kappa shape index (κ2) is 10.1. The lowest BCUT2D eigenvalue weighted by molar-refractivity contribution is -0.0461. The first-order chi connectivity index (χ1) is 13.5. The van der Waals surface area contributed by atoms with E-state index in [1.807, 2.05) is 19.1 Å². The molecule has 1 fully saturated rings. The summed E-state index contributed by atoms with van der Waals surface area (Å²) in [7, 11) is -1.79. The minimum absolute atomic E-state index is 0.0302. The Balaban J connectivity index is 1.92. The van der Waals surface area contributed by atoms with Crippen LogP contribution in [-0.4, -0.2) is 37.8 Å². The highest BCUT2D eigenvalue weighted by Crippen LogP contribution is 2.39. The maximum absolute atomic E-state index is 10.9. The highest BCUT2D eigenvalue weighted by molar-refractivity contribution is 6.74. The fraction of sp³-hybridized carbons (Fsp3) is 0.833. The van der Waals surface area contributed by atoms with Gasteiger partial charge >= 0.3 is 0 Å². The standard InChI is InChI=1S/C24H44O4Si/c1-9-11-20(28-29(7,8)24(4,5)6)16-19-13-14-22(27-19)18(3)23(25)17(2)21-12-10-15-26-21/h10,12,15,17-20,22-23,25H,9,11,13-14,16H2,1-8H3/t17-,18-,19+,20+,22-,23-/m1/s1. The van der Waals surface area contributed by atoms with Crippen LogP contribution in [0.1, 0.15) is 85.3 Å². The van der Waals surface area contributed by atoms with Crippen molar-refractivity contribution in [2.45, 2.75) is 122 Å². The Labute approximate surface area is 179 Å². The summed E-state index contributed by atoms with van der Waals surface area (Å²) < 4.78 is 18.7. The number of rotatable bonds is 10. The van der Waals surface area contributed by atoms with Crippen molar-refractivity contribution in [3.8, 4) is 0 Å². The number of hydrogen-bond acceptors (Lipinski definition) is 4. The highest BCUT2D eigenvalue weighted by atomic mass is 28.4. The summed E-state index contributed by atoms with van der Waals surface area (Å²) in [5.41, 5.74) is 0. The van der Waals surface area contributed by atoms with Crippen molar-refractivity contribution >= 4 is 8.32 Å². The van der Waals surface area contributed by atoms with E-state index in [0.717, 1.165) is 37.9 Å². The van der Waals surface area contributed by atoms with Gasteiger partial charge in [0, 0.05) is 17.9 Å². The van der Waals surface area contributed by atoms with E-state index in [2.05, 4.69) is 47.7 Å². The third kappa shape index (κ3) is 6.43. The predicted molar refractivity (Wildman–Crippen MR) is 122 cm³/mol. The summed E-state index contributed by atoms with van der Waals surface area (Å²) in [5, 5.41) is 11.1. The third-order valence-corrected chi connectivity index (χ3v) is 11.7. The van der Waals surface area contributed by atoms with Crippen LogP contribution in [0, 0.1) is 5.92 Å². The molecule has 4 nitrogen and oxygen atoms in total. The molecule has 0 amide bonds. The van der Waals surface area contributed by atoms with E-state index in [0.29, 0.717) is 0 Å². The van der Waals surface area contributed by atoms with Crippen molar-refractivity contribution in [2.24, 2.45) is 5.92 Å². The molecule has 1 aliphatic heterocycles. The number of furan rings is 1. The van der Waals surface area contributed by atoms with Crippen LogP contribution in [0.15, 0.2) is 22.8 Å². The molecule has 1 aromatic heterocycles. The molecule has 2 heterocycles. The van der Waals surface area contributed by atoms with Crippen LogP contribution in [-0.2, 0) is 9.16 Å². The summed E-state index contributed by atoms with van der Waals surface area (Å²) in [4.78, 5) is 0. The second-order valence-corrected chi connectivity index (χ2v) is 15.3. The number of aliphatic hydroxyl groups is 1. The average Bonchev–Trinajstić information content (AvgIpc) is 3.30. The van der Waals surface area contributed by atoms with Crippen molar-refractivity contribution < 1.29 is 18.7 Å². The van der Waals surface area contributed by atoms with Gasteiger partial charge < -0.3 is 18.7 Å². The van der Waals surface area contributed by atoms with Gasteiger partial charge in [0.2, 0.25) is 0 Å². The molecular formula is C24H44O4Si. The molecule has 1 saturated heterocycles. The topological polar surface area (TPSA) is 51.8 Å². The fourth-order valence-corrected chi connectivity index (χ4v) is 5.52. The van der Waals surface area contributed by atoms with Crippen LogP contribution in [0.3, 0.4) is 0 Å². The predicted octanol–water partition coefficient (Wildman–Crippen LogP) is 6.51. The smallest absolute Gasteiger partial charge is 0.192 e. The summed E-state index contributed by atoms with van der Waals surface area (Å²) in [6, 6.07) is 3.81.